The van der Waals surface area contributed by atoms with E-state index in [-0.39, 0.29) is 29.5 Å². The number of nitrogens with zero attached hydrogens (tertiary/aromatic N) is 1. The van der Waals surface area contributed by atoms with Gasteiger partial charge in [0.05, 0.1) is 10.9 Å². The van der Waals surface area contributed by atoms with Crippen molar-refractivity contribution in [3.63, 3.8) is 0 Å². The van der Waals surface area contributed by atoms with E-state index in [1.807, 2.05) is 12.1 Å². The summed E-state index contributed by atoms with van der Waals surface area (Å²) in [5, 5.41) is 4.71. The Morgan fingerprint density at radius 1 is 0.905 bits per heavy atom. The third-order valence-electron chi connectivity index (χ3n) is 6.29. The first-order valence-electron chi connectivity index (χ1n) is 12.8. The van der Waals surface area contributed by atoms with Gasteiger partial charge < -0.3 is 10.6 Å². The van der Waals surface area contributed by atoms with Gasteiger partial charge >= 0.3 is 0 Å². The lowest BCUT2D eigenvalue weighted by molar-refractivity contribution is -0.121. The number of thioether (sulfide) groups is 1. The quantitative estimate of drug-likeness (QED) is 0.129. The van der Waals surface area contributed by atoms with Crippen molar-refractivity contribution in [3.05, 3.63) is 129 Å². The number of carbonyl (C=O) groups excluding carboxylic acids is 4. The smallest absolute Gasteiger partial charge is 0.272 e. The van der Waals surface area contributed by atoms with Gasteiger partial charge in [-0.3, -0.25) is 19.2 Å². The Labute approximate surface area is 259 Å². The molecule has 1 aliphatic rings. The third-order valence-corrected chi connectivity index (χ3v) is 8.19. The number of halogens is 2. The van der Waals surface area contributed by atoms with Gasteiger partial charge in [0.2, 0.25) is 11.8 Å². The van der Waals surface area contributed by atoms with Gasteiger partial charge in [-0.25, -0.2) is 9.29 Å². The molecular formula is C32H23FIN3O4S. The lowest BCUT2D eigenvalue weighted by Gasteiger charge is -2.15. The number of rotatable bonds is 8. The van der Waals surface area contributed by atoms with E-state index in [0.717, 1.165) is 3.57 Å². The van der Waals surface area contributed by atoms with Gasteiger partial charge in [-0.2, -0.15) is 0 Å². The van der Waals surface area contributed by atoms with Gasteiger partial charge in [-0.15, -0.1) is 11.8 Å². The Morgan fingerprint density at radius 2 is 1.62 bits per heavy atom. The maximum atomic E-state index is 14.4. The molecule has 4 amide bonds. The highest BCUT2D eigenvalue weighted by molar-refractivity contribution is 14.1. The maximum absolute atomic E-state index is 14.4. The summed E-state index contributed by atoms with van der Waals surface area (Å²) < 4.78 is 15.4. The second kappa shape index (κ2) is 13.1. The molecular weight excluding hydrogens is 668 g/mol. The summed E-state index contributed by atoms with van der Waals surface area (Å²) in [6.45, 7) is 0. The van der Waals surface area contributed by atoms with Crippen LogP contribution in [0.25, 0.3) is 6.08 Å². The topological polar surface area (TPSA) is 95.6 Å². The van der Waals surface area contributed by atoms with E-state index >= 15 is 0 Å². The minimum Gasteiger partial charge on any atom is -0.321 e. The zero-order chi connectivity index (χ0) is 29.6. The van der Waals surface area contributed by atoms with E-state index in [1.54, 1.807) is 72.8 Å². The van der Waals surface area contributed by atoms with Crippen molar-refractivity contribution in [2.45, 2.75) is 16.6 Å². The molecule has 5 rings (SSSR count). The van der Waals surface area contributed by atoms with E-state index in [1.165, 1.54) is 40.9 Å². The van der Waals surface area contributed by atoms with Crippen LogP contribution in [0, 0.1) is 9.39 Å². The second-order valence-electron chi connectivity index (χ2n) is 9.24. The molecule has 0 unspecified atom stereocenters. The predicted molar refractivity (Wildman–Crippen MR) is 169 cm³/mol. The van der Waals surface area contributed by atoms with Gasteiger partial charge in [-0.05, 0) is 89.3 Å². The van der Waals surface area contributed by atoms with Crippen LogP contribution in [0.5, 0.6) is 0 Å². The number of carbonyl (C=O) groups is 4. The molecule has 0 saturated carbocycles. The maximum Gasteiger partial charge on any atom is 0.272 e. The fourth-order valence-corrected chi connectivity index (χ4v) is 5.73. The molecule has 7 nitrogen and oxygen atoms in total. The molecule has 10 heteroatoms. The summed E-state index contributed by atoms with van der Waals surface area (Å²) in [6.07, 6.45) is 1.32. The summed E-state index contributed by atoms with van der Waals surface area (Å²) >= 11 is 3.38. The van der Waals surface area contributed by atoms with Crippen LogP contribution in [-0.2, 0) is 14.4 Å². The summed E-state index contributed by atoms with van der Waals surface area (Å²) in [5.41, 5.74) is 1.23. The lowest BCUT2D eigenvalue weighted by Crippen LogP contribution is -2.31. The van der Waals surface area contributed by atoms with Crippen LogP contribution >= 0.6 is 34.4 Å². The van der Waals surface area contributed by atoms with E-state index in [9.17, 15) is 23.6 Å². The van der Waals surface area contributed by atoms with Crippen LogP contribution in [-0.4, -0.2) is 28.9 Å². The number of anilines is 2. The number of hydrogen-bond donors (Lipinski definition) is 2. The molecule has 0 spiro atoms. The van der Waals surface area contributed by atoms with Gasteiger partial charge in [-0.1, -0.05) is 42.5 Å². The summed E-state index contributed by atoms with van der Waals surface area (Å²) in [7, 11) is 0. The van der Waals surface area contributed by atoms with E-state index in [0.29, 0.717) is 21.8 Å². The molecule has 1 saturated heterocycles. The SMILES string of the molecule is O=C(Nc1cccc(S[C@@H]2CC(=O)N(c3ccc(I)cc3)C2=O)c1)/C(=C/c1ccccc1F)NC(=O)c1ccccc1. The summed E-state index contributed by atoms with van der Waals surface area (Å²) in [4.78, 5) is 53.9. The number of hydrogen-bond acceptors (Lipinski definition) is 5. The summed E-state index contributed by atoms with van der Waals surface area (Å²) in [5.74, 6) is -2.33. The number of benzene rings is 4. The molecule has 1 fully saturated rings. The zero-order valence-corrected chi connectivity index (χ0v) is 24.9. The standard InChI is InChI=1S/C32H23FIN3O4S/c33-26-12-5-4-9-21(26)17-27(36-30(39)20-7-2-1-3-8-20)31(40)35-23-10-6-11-25(18-23)42-28-19-29(38)37(32(28)41)24-15-13-22(34)14-16-24/h1-18,28H,19H2,(H,35,40)(H,36,39)/b27-17-/t28-/m1/s1. The predicted octanol–water partition coefficient (Wildman–Crippen LogP) is 6.26. The highest BCUT2D eigenvalue weighted by Crippen LogP contribution is 2.35. The molecule has 42 heavy (non-hydrogen) atoms. The monoisotopic (exact) mass is 691 g/mol. The Kier molecular flexibility index (Phi) is 9.13. The van der Waals surface area contributed by atoms with Crippen molar-refractivity contribution in [1.82, 2.24) is 5.32 Å². The molecule has 4 aromatic rings. The highest BCUT2D eigenvalue weighted by Gasteiger charge is 2.40. The Bertz CT molecular complexity index is 1700. The molecule has 210 valence electrons. The van der Waals surface area contributed by atoms with Crippen LogP contribution in [0.3, 0.4) is 0 Å². The first-order valence-corrected chi connectivity index (χ1v) is 14.8. The normalized spacial score (nSPS) is 15.0. The van der Waals surface area contributed by atoms with Crippen molar-refractivity contribution in [3.8, 4) is 0 Å². The first kappa shape index (κ1) is 29.2. The lowest BCUT2D eigenvalue weighted by atomic mass is 10.1. The Hall–Kier alpha value is -4.29. The molecule has 0 radical (unpaired) electrons. The van der Waals surface area contributed by atoms with Crippen molar-refractivity contribution in [2.24, 2.45) is 0 Å². The zero-order valence-electron chi connectivity index (χ0n) is 21.9. The Balaban J connectivity index is 1.33. The molecule has 1 aliphatic heterocycles. The highest BCUT2D eigenvalue weighted by atomic mass is 127. The van der Waals surface area contributed by atoms with Crippen molar-refractivity contribution in [1.29, 1.82) is 0 Å². The fraction of sp³-hybridized carbons (Fsp3) is 0.0625. The molecule has 1 heterocycles. The first-order chi connectivity index (χ1) is 20.3. The molecule has 1 atom stereocenters. The van der Waals surface area contributed by atoms with Gasteiger partial charge in [0.15, 0.2) is 0 Å². The van der Waals surface area contributed by atoms with E-state index in [4.69, 9.17) is 0 Å². The van der Waals surface area contributed by atoms with Crippen molar-refractivity contribution >= 4 is 75.4 Å². The van der Waals surface area contributed by atoms with Crippen molar-refractivity contribution in [2.75, 3.05) is 10.2 Å². The largest absolute Gasteiger partial charge is 0.321 e. The number of imide groups is 1. The average molecular weight is 692 g/mol. The molecule has 0 bridgehead atoms. The molecule has 4 aromatic carbocycles. The van der Waals surface area contributed by atoms with Gasteiger partial charge in [0, 0.05) is 31.7 Å². The van der Waals surface area contributed by atoms with Crippen LogP contribution in [0.2, 0.25) is 0 Å². The third kappa shape index (κ3) is 6.94. The van der Waals surface area contributed by atoms with Crippen LogP contribution in [0.4, 0.5) is 15.8 Å². The minimum atomic E-state index is -0.665. The number of amides is 4. The van der Waals surface area contributed by atoms with E-state index < -0.39 is 22.9 Å². The van der Waals surface area contributed by atoms with Crippen LogP contribution in [0.1, 0.15) is 22.3 Å². The number of nitrogens with one attached hydrogen (secondary N) is 2. The Morgan fingerprint density at radius 3 is 2.36 bits per heavy atom. The molecule has 0 aromatic heterocycles. The van der Waals surface area contributed by atoms with Gasteiger partial charge in [0.1, 0.15) is 11.5 Å². The van der Waals surface area contributed by atoms with Crippen molar-refractivity contribution < 1.29 is 23.6 Å². The molecule has 2 N–H and O–H groups in total. The summed E-state index contributed by atoms with van der Waals surface area (Å²) in [6, 6.07) is 28.2. The minimum absolute atomic E-state index is 0.0487. The average Bonchev–Trinajstić information content (AvgIpc) is 3.26. The van der Waals surface area contributed by atoms with Gasteiger partial charge in [0.25, 0.3) is 11.8 Å². The second-order valence-corrected chi connectivity index (χ2v) is 11.8. The van der Waals surface area contributed by atoms with Crippen LogP contribution in [0.15, 0.2) is 114 Å². The molecule has 0 aliphatic carbocycles. The van der Waals surface area contributed by atoms with E-state index in [2.05, 4.69) is 33.2 Å². The fourth-order valence-electron chi connectivity index (χ4n) is 4.26. The van der Waals surface area contributed by atoms with Crippen LogP contribution < -0.4 is 15.5 Å².